The van der Waals surface area contributed by atoms with Gasteiger partial charge in [-0.25, -0.2) is 0 Å². The summed E-state index contributed by atoms with van der Waals surface area (Å²) in [5, 5.41) is 15.2. The van der Waals surface area contributed by atoms with Crippen LogP contribution in [0.25, 0.3) is 0 Å². The van der Waals surface area contributed by atoms with Gasteiger partial charge in [0.15, 0.2) is 5.96 Å². The highest BCUT2D eigenvalue weighted by Crippen LogP contribution is 2.16. The number of hydrogen-bond donors (Lipinski definition) is 2. The zero-order valence-corrected chi connectivity index (χ0v) is 18.9. The fourth-order valence-corrected chi connectivity index (χ4v) is 3.93. The third-order valence-corrected chi connectivity index (χ3v) is 5.92. The number of nitrogens with zero attached hydrogens (tertiary/aromatic N) is 5. The fraction of sp³-hybridized carbons (Fsp3) is 0.857. The lowest BCUT2D eigenvalue weighted by Crippen LogP contribution is -2.52. The van der Waals surface area contributed by atoms with E-state index in [1.807, 2.05) is 0 Å². The molecule has 9 nitrogen and oxygen atoms in total. The second-order valence-corrected chi connectivity index (χ2v) is 8.67. The van der Waals surface area contributed by atoms with Crippen molar-refractivity contribution in [3.05, 3.63) is 12.2 Å². The summed E-state index contributed by atoms with van der Waals surface area (Å²) in [7, 11) is 0. The molecule has 0 aromatic carbocycles. The zero-order chi connectivity index (χ0) is 21.2. The van der Waals surface area contributed by atoms with Crippen LogP contribution in [0.3, 0.4) is 0 Å². The van der Waals surface area contributed by atoms with Crippen LogP contribution >= 0.6 is 0 Å². The minimum atomic E-state index is -0.0105. The van der Waals surface area contributed by atoms with Crippen molar-refractivity contribution in [3.63, 3.8) is 0 Å². The Bertz CT molecular complexity index is 650. The Morgan fingerprint density at radius 3 is 2.80 bits per heavy atom. The molecule has 0 saturated carbocycles. The molecule has 9 heteroatoms. The molecule has 1 aromatic rings. The van der Waals surface area contributed by atoms with Crippen molar-refractivity contribution >= 4 is 5.96 Å². The number of ether oxygens (including phenoxy) is 2. The molecular weight excluding hydrogens is 382 g/mol. The molecule has 170 valence electrons. The van der Waals surface area contributed by atoms with Gasteiger partial charge in [0.05, 0.1) is 25.9 Å². The van der Waals surface area contributed by atoms with Crippen LogP contribution in [0.1, 0.15) is 45.9 Å². The fourth-order valence-electron chi connectivity index (χ4n) is 3.93. The number of hydrogen-bond acceptors (Lipinski definition) is 6. The minimum Gasteiger partial charge on any atom is -0.379 e. The van der Waals surface area contributed by atoms with Gasteiger partial charge in [0.2, 0.25) is 0 Å². The summed E-state index contributed by atoms with van der Waals surface area (Å²) in [5.74, 6) is 1.85. The molecule has 1 unspecified atom stereocenters. The van der Waals surface area contributed by atoms with Crippen LogP contribution in [0.15, 0.2) is 11.3 Å². The van der Waals surface area contributed by atoms with E-state index in [0.29, 0.717) is 0 Å². The normalized spacial score (nSPS) is 21.6. The van der Waals surface area contributed by atoms with Crippen LogP contribution < -0.4 is 10.6 Å². The minimum absolute atomic E-state index is 0.0105. The van der Waals surface area contributed by atoms with Crippen LogP contribution in [-0.2, 0) is 22.4 Å². The molecule has 3 heterocycles. The molecule has 0 radical (unpaired) electrons. The molecular formula is C21H39N7O2. The summed E-state index contributed by atoms with van der Waals surface area (Å²) < 4.78 is 13.5. The third-order valence-electron chi connectivity index (χ3n) is 5.92. The lowest BCUT2D eigenvalue weighted by Gasteiger charge is -2.40. The summed E-state index contributed by atoms with van der Waals surface area (Å²) in [4.78, 5) is 7.40. The van der Waals surface area contributed by atoms with Crippen molar-refractivity contribution in [2.75, 3.05) is 52.5 Å². The monoisotopic (exact) mass is 421 g/mol. The van der Waals surface area contributed by atoms with Gasteiger partial charge in [-0.1, -0.05) is 6.92 Å². The Morgan fingerprint density at radius 2 is 2.07 bits per heavy atom. The van der Waals surface area contributed by atoms with E-state index < -0.39 is 0 Å². The van der Waals surface area contributed by atoms with E-state index >= 15 is 0 Å². The van der Waals surface area contributed by atoms with E-state index in [1.165, 1.54) is 12.8 Å². The van der Waals surface area contributed by atoms with Crippen LogP contribution in [0.4, 0.5) is 0 Å². The highest BCUT2D eigenvalue weighted by Gasteiger charge is 2.28. The molecule has 2 aliphatic heterocycles. The van der Waals surface area contributed by atoms with Gasteiger partial charge in [0.1, 0.15) is 12.2 Å². The van der Waals surface area contributed by atoms with Crippen molar-refractivity contribution in [2.45, 2.75) is 64.6 Å². The van der Waals surface area contributed by atoms with Gasteiger partial charge in [-0.3, -0.25) is 9.89 Å². The maximum Gasteiger partial charge on any atom is 0.191 e. The average Bonchev–Trinajstić information content (AvgIpc) is 3.24. The summed E-state index contributed by atoms with van der Waals surface area (Å²) in [6.45, 7) is 14.1. The van der Waals surface area contributed by atoms with Gasteiger partial charge in [0.25, 0.3) is 0 Å². The lowest BCUT2D eigenvalue weighted by molar-refractivity contribution is -0.00686. The first-order valence-electron chi connectivity index (χ1n) is 11.4. The first-order chi connectivity index (χ1) is 14.6. The first-order valence-corrected chi connectivity index (χ1v) is 11.4. The summed E-state index contributed by atoms with van der Waals surface area (Å²) >= 11 is 0. The summed E-state index contributed by atoms with van der Waals surface area (Å²) in [6.07, 6.45) is 6.46. The Balaban J connectivity index is 1.56. The number of guanidine groups is 1. The van der Waals surface area contributed by atoms with E-state index in [1.54, 1.807) is 6.33 Å². The van der Waals surface area contributed by atoms with E-state index in [4.69, 9.17) is 14.5 Å². The maximum atomic E-state index is 5.87. The molecule has 3 rings (SSSR count). The Hall–Kier alpha value is -1.71. The average molecular weight is 422 g/mol. The molecule has 0 amide bonds. The smallest absolute Gasteiger partial charge is 0.191 e. The van der Waals surface area contributed by atoms with Crippen molar-refractivity contribution in [3.8, 4) is 0 Å². The number of aliphatic imine (C=N–C) groups is 1. The third kappa shape index (κ3) is 6.92. The maximum absolute atomic E-state index is 5.87. The number of morpholine rings is 1. The van der Waals surface area contributed by atoms with Gasteiger partial charge in [-0.05, 0) is 33.1 Å². The van der Waals surface area contributed by atoms with E-state index in [0.717, 1.165) is 83.7 Å². The zero-order valence-electron chi connectivity index (χ0n) is 18.9. The number of aryl methyl sites for hydroxylation is 1. The molecule has 1 aromatic heterocycles. The standard InChI is InChI=1S/C21H39N7O2/c1-4-19-26-25-17-27(19)9-8-22-20(23-15-18-7-5-6-12-30-18)24-16-21(2,3)28-10-13-29-14-11-28/h17-18H,4-16H2,1-3H3,(H2,22,23,24). The molecule has 0 aliphatic carbocycles. The van der Waals surface area contributed by atoms with Gasteiger partial charge in [-0.2, -0.15) is 0 Å². The Morgan fingerprint density at radius 1 is 1.23 bits per heavy atom. The van der Waals surface area contributed by atoms with Gasteiger partial charge >= 0.3 is 0 Å². The molecule has 0 spiro atoms. The van der Waals surface area contributed by atoms with Crippen LogP contribution in [0.2, 0.25) is 0 Å². The topological polar surface area (TPSA) is 88.8 Å². The Labute approximate surface area is 180 Å². The highest BCUT2D eigenvalue weighted by atomic mass is 16.5. The lowest BCUT2D eigenvalue weighted by atomic mass is 10.0. The predicted octanol–water partition coefficient (Wildman–Crippen LogP) is 1.06. The molecule has 1 atom stereocenters. The number of rotatable bonds is 9. The van der Waals surface area contributed by atoms with Crippen molar-refractivity contribution in [2.24, 2.45) is 4.99 Å². The van der Waals surface area contributed by atoms with Gasteiger partial charge < -0.3 is 24.7 Å². The van der Waals surface area contributed by atoms with Crippen molar-refractivity contribution in [1.82, 2.24) is 30.3 Å². The molecule has 30 heavy (non-hydrogen) atoms. The molecule has 0 bridgehead atoms. The SMILES string of the molecule is CCc1nncn1CCNC(=NCC(C)(C)N1CCOCC1)NCC1CCCCO1. The quantitative estimate of drug-likeness (QED) is 0.455. The molecule has 2 saturated heterocycles. The van der Waals surface area contributed by atoms with E-state index in [2.05, 4.69) is 51.1 Å². The summed E-state index contributed by atoms with van der Waals surface area (Å²) in [5.41, 5.74) is -0.0105. The Kier molecular flexibility index (Phi) is 8.89. The summed E-state index contributed by atoms with van der Waals surface area (Å²) in [6, 6.07) is 0. The molecule has 2 N–H and O–H groups in total. The molecule has 2 aliphatic rings. The van der Waals surface area contributed by atoms with E-state index in [9.17, 15) is 0 Å². The highest BCUT2D eigenvalue weighted by molar-refractivity contribution is 5.79. The predicted molar refractivity (Wildman–Crippen MR) is 118 cm³/mol. The van der Waals surface area contributed by atoms with Gasteiger partial charge in [-0.15, -0.1) is 10.2 Å². The number of nitrogens with one attached hydrogen (secondary N) is 2. The van der Waals surface area contributed by atoms with E-state index in [-0.39, 0.29) is 11.6 Å². The second kappa shape index (κ2) is 11.6. The molecule has 2 fully saturated rings. The largest absolute Gasteiger partial charge is 0.379 e. The first kappa shape index (κ1) is 23.0. The number of aromatic nitrogens is 3. The van der Waals surface area contributed by atoms with Crippen molar-refractivity contribution in [1.29, 1.82) is 0 Å². The van der Waals surface area contributed by atoms with Crippen LogP contribution in [-0.4, -0.2) is 89.8 Å². The van der Waals surface area contributed by atoms with Crippen LogP contribution in [0, 0.1) is 0 Å². The van der Waals surface area contributed by atoms with Gasteiger partial charge in [0, 0.05) is 51.3 Å². The van der Waals surface area contributed by atoms with Crippen LogP contribution in [0.5, 0.6) is 0 Å². The second-order valence-electron chi connectivity index (χ2n) is 8.67. The van der Waals surface area contributed by atoms with Crippen molar-refractivity contribution < 1.29 is 9.47 Å².